The number of hydrogen-bond acceptors (Lipinski definition) is 4. The van der Waals surface area contributed by atoms with Crippen molar-refractivity contribution in [3.8, 4) is 0 Å². The number of methoxy groups -OCH3 is 1. The normalized spacial score (nSPS) is 9.94. The molecule has 0 aliphatic rings. The second-order valence-corrected chi connectivity index (χ2v) is 3.91. The molecule has 0 bridgehead atoms. The zero-order valence-electron chi connectivity index (χ0n) is 11.0. The molecule has 0 saturated heterocycles. The molecule has 1 rings (SSSR count). The van der Waals surface area contributed by atoms with E-state index in [9.17, 15) is 9.59 Å². The van der Waals surface area contributed by atoms with Crippen molar-refractivity contribution in [3.05, 3.63) is 34.9 Å². The minimum absolute atomic E-state index is 0.255. The SMILES string of the molecule is CCOC(=O)CCc1cccc(C)c1C(=O)OC. The van der Waals surface area contributed by atoms with Crippen LogP contribution in [0.4, 0.5) is 0 Å². The van der Waals surface area contributed by atoms with Gasteiger partial charge < -0.3 is 9.47 Å². The van der Waals surface area contributed by atoms with Crippen LogP contribution in [0.2, 0.25) is 0 Å². The average molecular weight is 250 g/mol. The Labute approximate surface area is 107 Å². The van der Waals surface area contributed by atoms with E-state index in [1.165, 1.54) is 7.11 Å². The van der Waals surface area contributed by atoms with Crippen molar-refractivity contribution in [1.82, 2.24) is 0 Å². The average Bonchev–Trinajstić information content (AvgIpc) is 2.36. The zero-order valence-corrected chi connectivity index (χ0v) is 11.0. The molecule has 0 N–H and O–H groups in total. The lowest BCUT2D eigenvalue weighted by Crippen LogP contribution is -2.11. The van der Waals surface area contributed by atoms with Crippen LogP contribution in [0.5, 0.6) is 0 Å². The molecule has 4 nitrogen and oxygen atoms in total. The lowest BCUT2D eigenvalue weighted by atomic mass is 9.98. The lowest BCUT2D eigenvalue weighted by Gasteiger charge is -2.10. The highest BCUT2D eigenvalue weighted by molar-refractivity contribution is 5.92. The fourth-order valence-electron chi connectivity index (χ4n) is 1.80. The van der Waals surface area contributed by atoms with Crippen LogP contribution in [0.15, 0.2) is 18.2 Å². The summed E-state index contributed by atoms with van der Waals surface area (Å²) in [7, 11) is 1.35. The van der Waals surface area contributed by atoms with E-state index in [-0.39, 0.29) is 18.4 Å². The minimum Gasteiger partial charge on any atom is -0.466 e. The maximum absolute atomic E-state index is 11.7. The lowest BCUT2D eigenvalue weighted by molar-refractivity contribution is -0.143. The van der Waals surface area contributed by atoms with Gasteiger partial charge in [0.25, 0.3) is 0 Å². The van der Waals surface area contributed by atoms with Crippen molar-refractivity contribution in [2.24, 2.45) is 0 Å². The largest absolute Gasteiger partial charge is 0.466 e. The molecular weight excluding hydrogens is 232 g/mol. The van der Waals surface area contributed by atoms with Gasteiger partial charge in [0.1, 0.15) is 0 Å². The number of aryl methyl sites for hydroxylation is 2. The third kappa shape index (κ3) is 3.58. The van der Waals surface area contributed by atoms with Crippen LogP contribution in [0.1, 0.15) is 34.8 Å². The number of rotatable bonds is 5. The predicted octanol–water partition coefficient (Wildman–Crippen LogP) is 2.28. The molecular formula is C14H18O4. The van der Waals surface area contributed by atoms with Crippen molar-refractivity contribution in [3.63, 3.8) is 0 Å². The number of esters is 2. The molecule has 18 heavy (non-hydrogen) atoms. The molecule has 0 radical (unpaired) electrons. The summed E-state index contributed by atoms with van der Waals surface area (Å²) < 4.78 is 9.62. The van der Waals surface area contributed by atoms with Crippen molar-refractivity contribution >= 4 is 11.9 Å². The Morgan fingerprint density at radius 3 is 2.61 bits per heavy atom. The Balaban J connectivity index is 2.85. The quantitative estimate of drug-likeness (QED) is 0.752. The molecule has 0 aromatic heterocycles. The topological polar surface area (TPSA) is 52.6 Å². The second-order valence-electron chi connectivity index (χ2n) is 3.91. The van der Waals surface area contributed by atoms with Gasteiger partial charge in [0, 0.05) is 6.42 Å². The van der Waals surface area contributed by atoms with E-state index in [2.05, 4.69) is 0 Å². The van der Waals surface area contributed by atoms with Crippen molar-refractivity contribution < 1.29 is 19.1 Å². The second kappa shape index (κ2) is 6.79. The summed E-state index contributed by atoms with van der Waals surface area (Å²) in [4.78, 5) is 23.0. The van der Waals surface area contributed by atoms with Crippen LogP contribution >= 0.6 is 0 Å². The summed E-state index contributed by atoms with van der Waals surface area (Å²) in [6.45, 7) is 3.99. The van der Waals surface area contributed by atoms with Gasteiger partial charge in [0.2, 0.25) is 0 Å². The van der Waals surface area contributed by atoms with Gasteiger partial charge in [0.15, 0.2) is 0 Å². The van der Waals surface area contributed by atoms with Gasteiger partial charge in [-0.2, -0.15) is 0 Å². The summed E-state index contributed by atoms with van der Waals surface area (Å²) in [6, 6.07) is 5.54. The smallest absolute Gasteiger partial charge is 0.338 e. The summed E-state index contributed by atoms with van der Waals surface area (Å²) >= 11 is 0. The Hall–Kier alpha value is -1.84. The highest BCUT2D eigenvalue weighted by Crippen LogP contribution is 2.17. The van der Waals surface area contributed by atoms with Crippen LogP contribution in [-0.2, 0) is 20.7 Å². The van der Waals surface area contributed by atoms with Crippen LogP contribution in [-0.4, -0.2) is 25.7 Å². The van der Waals surface area contributed by atoms with Gasteiger partial charge in [-0.05, 0) is 31.4 Å². The molecule has 0 aliphatic heterocycles. The van der Waals surface area contributed by atoms with E-state index in [4.69, 9.17) is 9.47 Å². The van der Waals surface area contributed by atoms with Crippen LogP contribution in [0.25, 0.3) is 0 Å². The molecule has 0 fully saturated rings. The molecule has 0 amide bonds. The van der Waals surface area contributed by atoms with Gasteiger partial charge in [0.05, 0.1) is 19.3 Å². The Kier molecular flexibility index (Phi) is 5.36. The molecule has 1 aromatic rings. The molecule has 0 spiro atoms. The minimum atomic E-state index is -0.369. The number of hydrogen-bond donors (Lipinski definition) is 0. The van der Waals surface area contributed by atoms with Crippen LogP contribution < -0.4 is 0 Å². The molecule has 0 atom stereocenters. The third-order valence-electron chi connectivity index (χ3n) is 2.65. The van der Waals surface area contributed by atoms with E-state index in [1.807, 2.05) is 25.1 Å². The van der Waals surface area contributed by atoms with E-state index >= 15 is 0 Å². The molecule has 0 unspecified atom stereocenters. The highest BCUT2D eigenvalue weighted by atomic mass is 16.5. The monoisotopic (exact) mass is 250 g/mol. The van der Waals surface area contributed by atoms with Crippen molar-refractivity contribution in [2.75, 3.05) is 13.7 Å². The highest BCUT2D eigenvalue weighted by Gasteiger charge is 2.15. The third-order valence-corrected chi connectivity index (χ3v) is 2.65. The first kappa shape index (κ1) is 14.2. The first-order valence-electron chi connectivity index (χ1n) is 5.92. The van der Waals surface area contributed by atoms with E-state index < -0.39 is 0 Å². The summed E-state index contributed by atoms with van der Waals surface area (Å²) in [5, 5.41) is 0. The van der Waals surface area contributed by atoms with Crippen molar-refractivity contribution in [2.45, 2.75) is 26.7 Å². The van der Waals surface area contributed by atoms with Gasteiger partial charge >= 0.3 is 11.9 Å². The molecule has 0 aliphatic carbocycles. The molecule has 98 valence electrons. The van der Waals surface area contributed by atoms with Crippen LogP contribution in [0.3, 0.4) is 0 Å². The van der Waals surface area contributed by atoms with Gasteiger partial charge in [-0.25, -0.2) is 4.79 Å². The van der Waals surface area contributed by atoms with Gasteiger partial charge in [-0.3, -0.25) is 4.79 Å². The summed E-state index contributed by atoms with van der Waals surface area (Å²) in [6.07, 6.45) is 0.742. The molecule has 0 heterocycles. The zero-order chi connectivity index (χ0) is 13.5. The maximum Gasteiger partial charge on any atom is 0.338 e. The number of carbonyl (C=O) groups excluding carboxylic acids is 2. The fourth-order valence-corrected chi connectivity index (χ4v) is 1.80. The standard InChI is InChI=1S/C14H18O4/c1-4-18-12(15)9-8-11-7-5-6-10(2)13(11)14(16)17-3/h5-7H,4,8-9H2,1-3H3. The van der Waals surface area contributed by atoms with Crippen LogP contribution in [0, 0.1) is 6.92 Å². The first-order chi connectivity index (χ1) is 8.60. The predicted molar refractivity (Wildman–Crippen MR) is 67.5 cm³/mol. The Bertz CT molecular complexity index is 437. The molecule has 4 heteroatoms. The van der Waals surface area contributed by atoms with Gasteiger partial charge in [-0.1, -0.05) is 18.2 Å². The molecule has 0 saturated carbocycles. The number of benzene rings is 1. The Morgan fingerprint density at radius 2 is 2.00 bits per heavy atom. The van der Waals surface area contributed by atoms with E-state index in [1.54, 1.807) is 6.92 Å². The van der Waals surface area contributed by atoms with Gasteiger partial charge in [-0.15, -0.1) is 0 Å². The van der Waals surface area contributed by atoms with E-state index in [0.717, 1.165) is 11.1 Å². The summed E-state index contributed by atoms with van der Waals surface area (Å²) in [5.41, 5.74) is 2.21. The van der Waals surface area contributed by atoms with E-state index in [0.29, 0.717) is 18.6 Å². The van der Waals surface area contributed by atoms with Crippen molar-refractivity contribution in [1.29, 1.82) is 0 Å². The Morgan fingerprint density at radius 1 is 1.28 bits per heavy atom. The maximum atomic E-state index is 11.7. The number of ether oxygens (including phenoxy) is 2. The number of carbonyl (C=O) groups is 2. The summed E-state index contributed by atoms with van der Waals surface area (Å²) in [5.74, 6) is -0.623. The fraction of sp³-hybridized carbons (Fsp3) is 0.429. The molecule has 1 aromatic carbocycles. The first-order valence-corrected chi connectivity index (χ1v) is 5.92.